The number of fused-ring (bicyclic) bond motifs is 1. The van der Waals surface area contributed by atoms with Crippen molar-refractivity contribution >= 4 is 28.5 Å². The van der Waals surface area contributed by atoms with E-state index in [1.807, 2.05) is 31.1 Å². The van der Waals surface area contributed by atoms with Gasteiger partial charge in [0.05, 0.1) is 37.1 Å². The van der Waals surface area contributed by atoms with Crippen LogP contribution in [0.3, 0.4) is 0 Å². The summed E-state index contributed by atoms with van der Waals surface area (Å²) < 4.78 is 12.7. The van der Waals surface area contributed by atoms with E-state index in [0.29, 0.717) is 37.8 Å². The minimum atomic E-state index is -0.375. The van der Waals surface area contributed by atoms with Crippen LogP contribution in [-0.4, -0.2) is 68.9 Å². The Hall–Kier alpha value is -4.10. The number of aromatic nitrogens is 1. The quantitative estimate of drug-likeness (QED) is 0.227. The third-order valence-electron chi connectivity index (χ3n) is 9.07. The van der Waals surface area contributed by atoms with Crippen LogP contribution in [0.1, 0.15) is 53.9 Å². The summed E-state index contributed by atoms with van der Waals surface area (Å²) in [6.07, 6.45) is 5.90. The Morgan fingerprint density at radius 3 is 2.12 bits per heavy atom. The third-order valence-corrected chi connectivity index (χ3v) is 9.07. The highest BCUT2D eigenvalue weighted by Gasteiger charge is 2.29. The van der Waals surface area contributed by atoms with Crippen molar-refractivity contribution in [3.8, 4) is 22.4 Å². The van der Waals surface area contributed by atoms with E-state index in [-0.39, 0.29) is 18.4 Å². The fourth-order valence-corrected chi connectivity index (χ4v) is 6.72. The standard InChI is InChI=1S/C36H41N3O4/c1-37(2)30-16-13-26(14-17-30)25-9-11-28(12-10-25)35-34(27-7-5-4-6-8-27)31-18-15-29(36(41)42-3)23-32(31)39(35)24-33(40)38-19-21-43-22-20-38/h9-18,23,27H,4-8,19-22,24H2,1-3H3. The molecule has 0 atom stereocenters. The van der Waals surface area contributed by atoms with Crippen molar-refractivity contribution in [1.82, 2.24) is 9.47 Å². The van der Waals surface area contributed by atoms with Crippen molar-refractivity contribution in [2.75, 3.05) is 52.4 Å². The first kappa shape index (κ1) is 29.0. The van der Waals surface area contributed by atoms with Crippen LogP contribution >= 0.6 is 0 Å². The molecule has 3 aromatic carbocycles. The number of carbonyl (C=O) groups is 2. The van der Waals surface area contributed by atoms with Gasteiger partial charge in [-0.2, -0.15) is 0 Å². The Morgan fingerprint density at radius 1 is 0.860 bits per heavy atom. The van der Waals surface area contributed by atoms with E-state index in [1.54, 1.807) is 0 Å². The lowest BCUT2D eigenvalue weighted by atomic mass is 9.81. The Balaban J connectivity index is 1.49. The van der Waals surface area contributed by atoms with Crippen molar-refractivity contribution in [3.05, 3.63) is 77.9 Å². The smallest absolute Gasteiger partial charge is 0.337 e. The van der Waals surface area contributed by atoms with E-state index in [9.17, 15) is 9.59 Å². The minimum Gasteiger partial charge on any atom is -0.465 e. The minimum absolute atomic E-state index is 0.0673. The molecule has 1 saturated carbocycles. The maximum absolute atomic E-state index is 13.7. The third kappa shape index (κ3) is 5.91. The normalized spacial score (nSPS) is 15.9. The second kappa shape index (κ2) is 12.6. The summed E-state index contributed by atoms with van der Waals surface area (Å²) >= 11 is 0. The van der Waals surface area contributed by atoms with Crippen molar-refractivity contribution in [1.29, 1.82) is 0 Å². The fourth-order valence-electron chi connectivity index (χ4n) is 6.72. The number of amides is 1. The second-order valence-corrected chi connectivity index (χ2v) is 11.9. The molecule has 0 unspecified atom stereocenters. The molecular formula is C36H41N3O4. The van der Waals surface area contributed by atoms with Gasteiger partial charge >= 0.3 is 5.97 Å². The van der Waals surface area contributed by atoms with Gasteiger partial charge in [-0.15, -0.1) is 0 Å². The average molecular weight is 580 g/mol. The van der Waals surface area contributed by atoms with Gasteiger partial charge in [-0.25, -0.2) is 4.79 Å². The monoisotopic (exact) mass is 579 g/mol. The second-order valence-electron chi connectivity index (χ2n) is 11.9. The molecule has 2 aliphatic rings. The van der Waals surface area contributed by atoms with Crippen LogP contribution in [0.4, 0.5) is 5.69 Å². The van der Waals surface area contributed by atoms with Gasteiger partial charge in [0.25, 0.3) is 0 Å². The van der Waals surface area contributed by atoms with E-state index in [0.717, 1.165) is 46.1 Å². The molecule has 4 aromatic rings. The van der Waals surface area contributed by atoms with Crippen molar-refractivity contribution in [2.45, 2.75) is 44.6 Å². The summed E-state index contributed by atoms with van der Waals surface area (Å²) in [6, 6.07) is 23.1. The molecule has 0 bridgehead atoms. The number of morpholine rings is 1. The molecule has 1 aliphatic carbocycles. The predicted molar refractivity (Wildman–Crippen MR) is 172 cm³/mol. The zero-order chi connectivity index (χ0) is 29.9. The predicted octanol–water partition coefficient (Wildman–Crippen LogP) is 6.73. The number of hydrogen-bond donors (Lipinski definition) is 0. The molecule has 1 aromatic heterocycles. The summed E-state index contributed by atoms with van der Waals surface area (Å²) in [4.78, 5) is 30.3. The van der Waals surface area contributed by atoms with Crippen LogP contribution in [0.15, 0.2) is 66.7 Å². The van der Waals surface area contributed by atoms with Crippen LogP contribution in [0.25, 0.3) is 33.3 Å². The van der Waals surface area contributed by atoms with Gasteiger partial charge in [-0.3, -0.25) is 4.79 Å². The van der Waals surface area contributed by atoms with Crippen LogP contribution in [0.5, 0.6) is 0 Å². The molecule has 224 valence electrons. The number of ether oxygens (including phenoxy) is 2. The molecule has 0 spiro atoms. The molecule has 0 radical (unpaired) electrons. The Labute approximate surface area is 254 Å². The zero-order valence-corrected chi connectivity index (χ0v) is 25.5. The Bertz CT molecular complexity index is 1590. The van der Waals surface area contributed by atoms with Crippen LogP contribution in [0, 0.1) is 0 Å². The largest absolute Gasteiger partial charge is 0.465 e. The average Bonchev–Trinajstić information content (AvgIpc) is 3.38. The van der Waals surface area contributed by atoms with Gasteiger partial charge in [0.15, 0.2) is 0 Å². The van der Waals surface area contributed by atoms with Gasteiger partial charge in [0.2, 0.25) is 5.91 Å². The molecule has 7 nitrogen and oxygen atoms in total. The molecule has 2 heterocycles. The van der Waals surface area contributed by atoms with E-state index in [1.165, 1.54) is 37.6 Å². The molecule has 0 N–H and O–H groups in total. The molecule has 1 saturated heterocycles. The number of carbonyl (C=O) groups excluding carboxylic acids is 2. The summed E-state index contributed by atoms with van der Waals surface area (Å²) in [7, 11) is 5.50. The van der Waals surface area contributed by atoms with E-state index in [4.69, 9.17) is 9.47 Å². The molecule has 1 amide bonds. The number of anilines is 1. The first-order valence-corrected chi connectivity index (χ1v) is 15.4. The molecule has 7 heteroatoms. The maximum atomic E-state index is 13.7. The van der Waals surface area contributed by atoms with Crippen molar-refractivity contribution in [3.63, 3.8) is 0 Å². The maximum Gasteiger partial charge on any atom is 0.337 e. The summed E-state index contributed by atoms with van der Waals surface area (Å²) in [5, 5.41) is 1.12. The molecule has 1 aliphatic heterocycles. The van der Waals surface area contributed by atoms with Crippen molar-refractivity contribution < 1.29 is 19.1 Å². The first-order chi connectivity index (χ1) is 20.9. The lowest BCUT2D eigenvalue weighted by Crippen LogP contribution is -2.42. The topological polar surface area (TPSA) is 64.0 Å². The van der Waals surface area contributed by atoms with E-state index < -0.39 is 0 Å². The molecule has 2 fully saturated rings. The Kier molecular flexibility index (Phi) is 8.52. The summed E-state index contributed by atoms with van der Waals surface area (Å²) in [6.45, 7) is 2.51. The van der Waals surface area contributed by atoms with E-state index >= 15 is 0 Å². The lowest BCUT2D eigenvalue weighted by Gasteiger charge is -2.28. The lowest BCUT2D eigenvalue weighted by molar-refractivity contribution is -0.135. The number of nitrogens with zero attached hydrogens (tertiary/aromatic N) is 3. The number of esters is 1. The van der Waals surface area contributed by atoms with Gasteiger partial charge in [-0.05, 0) is 65.3 Å². The fraction of sp³-hybridized carbons (Fsp3) is 0.389. The SMILES string of the molecule is COC(=O)c1ccc2c(C3CCCCC3)c(-c3ccc(-c4ccc(N(C)C)cc4)cc3)n(CC(=O)N3CCOCC3)c2c1. The highest BCUT2D eigenvalue weighted by molar-refractivity contribution is 5.99. The summed E-state index contributed by atoms with van der Waals surface area (Å²) in [5.74, 6) is 0.0884. The molecule has 6 rings (SSSR count). The number of rotatable bonds is 7. The number of benzene rings is 3. The molecule has 43 heavy (non-hydrogen) atoms. The van der Waals surface area contributed by atoms with Crippen LogP contribution < -0.4 is 4.90 Å². The molecular weight excluding hydrogens is 538 g/mol. The van der Waals surface area contributed by atoms with Gasteiger partial charge in [0.1, 0.15) is 6.54 Å². The van der Waals surface area contributed by atoms with Gasteiger partial charge < -0.3 is 23.8 Å². The van der Waals surface area contributed by atoms with Crippen LogP contribution in [0.2, 0.25) is 0 Å². The number of methoxy groups -OCH3 is 1. The van der Waals surface area contributed by atoms with Crippen molar-refractivity contribution in [2.24, 2.45) is 0 Å². The van der Waals surface area contributed by atoms with E-state index in [2.05, 4.69) is 64.1 Å². The highest BCUT2D eigenvalue weighted by atomic mass is 16.5. The van der Waals surface area contributed by atoms with Crippen LogP contribution in [-0.2, 0) is 20.8 Å². The van der Waals surface area contributed by atoms with Gasteiger partial charge in [-0.1, -0.05) is 61.7 Å². The van der Waals surface area contributed by atoms with Gasteiger partial charge in [0, 0.05) is 38.3 Å². The zero-order valence-electron chi connectivity index (χ0n) is 25.5. The first-order valence-electron chi connectivity index (χ1n) is 15.4. The highest BCUT2D eigenvalue weighted by Crippen LogP contribution is 2.44. The Morgan fingerprint density at radius 2 is 1.49 bits per heavy atom. The number of hydrogen-bond acceptors (Lipinski definition) is 5. The summed E-state index contributed by atoms with van der Waals surface area (Å²) in [5.41, 5.74) is 8.33.